The van der Waals surface area contributed by atoms with Gasteiger partial charge in [0, 0.05) is 6.61 Å². The van der Waals surface area contributed by atoms with E-state index < -0.39 is 0 Å². The van der Waals surface area contributed by atoms with Gasteiger partial charge in [-0.05, 0) is 18.1 Å². The zero-order valence-electron chi connectivity index (χ0n) is 11.2. The Morgan fingerprint density at radius 2 is 1.89 bits per heavy atom. The van der Waals surface area contributed by atoms with Crippen LogP contribution in [0.1, 0.15) is 32.3 Å². The normalized spacial score (nSPS) is 10.3. The predicted octanol–water partition coefficient (Wildman–Crippen LogP) is 3.39. The van der Waals surface area contributed by atoms with E-state index in [2.05, 4.69) is 19.9 Å². The van der Waals surface area contributed by atoms with Crippen molar-refractivity contribution in [3.63, 3.8) is 0 Å². The van der Waals surface area contributed by atoms with Crippen molar-refractivity contribution in [1.82, 2.24) is 0 Å². The van der Waals surface area contributed by atoms with Crippen LogP contribution in [0, 0.1) is 17.2 Å². The lowest BCUT2D eigenvalue weighted by atomic mass is 10.1. The first-order valence-electron chi connectivity index (χ1n) is 6.51. The van der Waals surface area contributed by atoms with Crippen molar-refractivity contribution >= 4 is 0 Å². The lowest BCUT2D eigenvalue weighted by Crippen LogP contribution is -2.13. The van der Waals surface area contributed by atoms with Crippen LogP contribution in [0.4, 0.5) is 0 Å². The van der Waals surface area contributed by atoms with Crippen LogP contribution in [-0.2, 0) is 4.74 Å². The van der Waals surface area contributed by atoms with Crippen LogP contribution in [0.15, 0.2) is 24.3 Å². The van der Waals surface area contributed by atoms with Crippen molar-refractivity contribution < 1.29 is 9.47 Å². The Bertz CT molecular complexity index is 380. The van der Waals surface area contributed by atoms with Gasteiger partial charge < -0.3 is 9.47 Å². The Balaban J connectivity index is 2.24. The highest BCUT2D eigenvalue weighted by Gasteiger charge is 2.04. The molecular formula is C15H21NO2. The second-order valence-electron chi connectivity index (χ2n) is 4.21. The van der Waals surface area contributed by atoms with Crippen molar-refractivity contribution in [3.8, 4) is 11.8 Å². The molecule has 0 unspecified atom stereocenters. The van der Waals surface area contributed by atoms with Gasteiger partial charge in [-0.2, -0.15) is 5.26 Å². The van der Waals surface area contributed by atoms with Crippen molar-refractivity contribution in [1.29, 1.82) is 5.26 Å². The lowest BCUT2D eigenvalue weighted by molar-refractivity contribution is 0.0717. The molecule has 3 heteroatoms. The number of para-hydroxylation sites is 1. The van der Waals surface area contributed by atoms with Gasteiger partial charge in [0.15, 0.2) is 0 Å². The topological polar surface area (TPSA) is 42.2 Å². The van der Waals surface area contributed by atoms with Gasteiger partial charge in [-0.15, -0.1) is 0 Å². The number of benzene rings is 1. The molecule has 1 aromatic carbocycles. The maximum Gasteiger partial charge on any atom is 0.137 e. The molecule has 0 N–H and O–H groups in total. The van der Waals surface area contributed by atoms with Gasteiger partial charge >= 0.3 is 0 Å². The van der Waals surface area contributed by atoms with Gasteiger partial charge in [0.1, 0.15) is 18.4 Å². The Kier molecular flexibility index (Phi) is 6.90. The van der Waals surface area contributed by atoms with E-state index in [1.54, 1.807) is 12.1 Å². The summed E-state index contributed by atoms with van der Waals surface area (Å²) in [6.07, 6.45) is 2.29. The zero-order chi connectivity index (χ0) is 13.2. The molecule has 1 rings (SSSR count). The average molecular weight is 247 g/mol. The summed E-state index contributed by atoms with van der Waals surface area (Å²) in [5.74, 6) is 1.27. The van der Waals surface area contributed by atoms with E-state index in [-0.39, 0.29) is 0 Å². The van der Waals surface area contributed by atoms with Gasteiger partial charge in [0.25, 0.3) is 0 Å². The molecule has 0 saturated carbocycles. The van der Waals surface area contributed by atoms with E-state index >= 15 is 0 Å². The molecule has 18 heavy (non-hydrogen) atoms. The molecule has 98 valence electrons. The number of ether oxygens (including phenoxy) is 2. The second-order valence-corrected chi connectivity index (χ2v) is 4.21. The zero-order valence-corrected chi connectivity index (χ0v) is 11.2. The largest absolute Gasteiger partial charge is 0.490 e. The van der Waals surface area contributed by atoms with Gasteiger partial charge in [0.2, 0.25) is 0 Å². The highest BCUT2D eigenvalue weighted by Crippen LogP contribution is 2.16. The quantitative estimate of drug-likeness (QED) is 0.661. The minimum absolute atomic E-state index is 0.485. The van der Waals surface area contributed by atoms with Crippen LogP contribution in [0.25, 0.3) is 0 Å². The molecule has 0 heterocycles. The molecule has 0 aliphatic heterocycles. The number of hydrogen-bond donors (Lipinski definition) is 0. The standard InChI is InChI=1S/C15H21NO2/c1-3-13(4-2)12-17-9-10-18-15-8-6-5-7-14(15)11-16/h5-8,13H,3-4,9-10,12H2,1-2H3. The monoisotopic (exact) mass is 247 g/mol. The van der Waals surface area contributed by atoms with E-state index in [0.717, 1.165) is 19.4 Å². The van der Waals surface area contributed by atoms with E-state index in [9.17, 15) is 0 Å². The molecule has 0 spiro atoms. The molecule has 0 bridgehead atoms. The number of nitrogens with zero attached hydrogens (tertiary/aromatic N) is 1. The molecular weight excluding hydrogens is 226 g/mol. The van der Waals surface area contributed by atoms with E-state index in [0.29, 0.717) is 30.4 Å². The third kappa shape index (κ3) is 4.77. The minimum Gasteiger partial charge on any atom is -0.490 e. The highest BCUT2D eigenvalue weighted by molar-refractivity contribution is 5.42. The summed E-state index contributed by atoms with van der Waals surface area (Å²) in [7, 11) is 0. The van der Waals surface area contributed by atoms with Crippen LogP contribution >= 0.6 is 0 Å². The molecule has 3 nitrogen and oxygen atoms in total. The Morgan fingerprint density at radius 1 is 1.17 bits per heavy atom. The Hall–Kier alpha value is -1.53. The molecule has 0 fully saturated rings. The third-order valence-corrected chi connectivity index (χ3v) is 3.00. The minimum atomic E-state index is 0.485. The van der Waals surface area contributed by atoms with Crippen LogP contribution in [0.3, 0.4) is 0 Å². The third-order valence-electron chi connectivity index (χ3n) is 3.00. The van der Waals surface area contributed by atoms with Gasteiger partial charge in [-0.1, -0.05) is 38.8 Å². The molecule has 0 atom stereocenters. The van der Waals surface area contributed by atoms with Crippen LogP contribution in [0.5, 0.6) is 5.75 Å². The van der Waals surface area contributed by atoms with Crippen molar-refractivity contribution in [3.05, 3.63) is 29.8 Å². The van der Waals surface area contributed by atoms with Crippen LogP contribution in [-0.4, -0.2) is 19.8 Å². The summed E-state index contributed by atoms with van der Waals surface area (Å²) in [6, 6.07) is 9.35. The maximum atomic E-state index is 8.90. The predicted molar refractivity (Wildman–Crippen MR) is 71.5 cm³/mol. The molecule has 1 aromatic rings. The maximum absolute atomic E-state index is 8.90. The summed E-state index contributed by atoms with van der Waals surface area (Å²) in [6.45, 7) is 6.19. The average Bonchev–Trinajstić information content (AvgIpc) is 2.43. The second kappa shape index (κ2) is 8.54. The number of rotatable bonds is 8. The van der Waals surface area contributed by atoms with Gasteiger partial charge in [-0.3, -0.25) is 0 Å². The van der Waals surface area contributed by atoms with Crippen molar-refractivity contribution in [2.75, 3.05) is 19.8 Å². The lowest BCUT2D eigenvalue weighted by Gasteiger charge is -2.13. The van der Waals surface area contributed by atoms with Crippen LogP contribution < -0.4 is 4.74 Å². The van der Waals surface area contributed by atoms with Crippen molar-refractivity contribution in [2.45, 2.75) is 26.7 Å². The first-order chi connectivity index (χ1) is 8.81. The van der Waals surface area contributed by atoms with E-state index in [1.807, 2.05) is 12.1 Å². The molecule has 0 saturated heterocycles. The van der Waals surface area contributed by atoms with E-state index in [1.165, 1.54) is 0 Å². The number of nitriles is 1. The van der Waals surface area contributed by atoms with E-state index in [4.69, 9.17) is 14.7 Å². The Labute approximate surface area is 109 Å². The fourth-order valence-corrected chi connectivity index (χ4v) is 1.67. The smallest absolute Gasteiger partial charge is 0.137 e. The fourth-order valence-electron chi connectivity index (χ4n) is 1.67. The fraction of sp³-hybridized carbons (Fsp3) is 0.533. The summed E-state index contributed by atoms with van der Waals surface area (Å²) in [5.41, 5.74) is 0.567. The highest BCUT2D eigenvalue weighted by atomic mass is 16.5. The summed E-state index contributed by atoms with van der Waals surface area (Å²) < 4.78 is 11.1. The molecule has 0 aromatic heterocycles. The van der Waals surface area contributed by atoms with Crippen LogP contribution in [0.2, 0.25) is 0 Å². The summed E-state index contributed by atoms with van der Waals surface area (Å²) in [5, 5.41) is 8.90. The molecule has 0 aliphatic rings. The Morgan fingerprint density at radius 3 is 2.56 bits per heavy atom. The van der Waals surface area contributed by atoms with Gasteiger partial charge in [-0.25, -0.2) is 0 Å². The molecule has 0 radical (unpaired) electrons. The summed E-state index contributed by atoms with van der Waals surface area (Å²) in [4.78, 5) is 0. The first-order valence-corrected chi connectivity index (χ1v) is 6.51. The molecule has 0 amide bonds. The van der Waals surface area contributed by atoms with Crippen molar-refractivity contribution in [2.24, 2.45) is 5.92 Å². The molecule has 0 aliphatic carbocycles. The summed E-state index contributed by atoms with van der Waals surface area (Å²) >= 11 is 0. The first kappa shape index (κ1) is 14.5. The van der Waals surface area contributed by atoms with Gasteiger partial charge in [0.05, 0.1) is 12.2 Å². The number of hydrogen-bond acceptors (Lipinski definition) is 3. The SMILES string of the molecule is CCC(CC)COCCOc1ccccc1C#N.